The zero-order valence-electron chi connectivity index (χ0n) is 11.4. The molecule has 0 unspecified atom stereocenters. The van der Waals surface area contributed by atoms with Crippen LogP contribution < -0.4 is 0 Å². The Balaban J connectivity index is 2.00. The molecule has 0 atom stereocenters. The molecule has 1 aromatic heterocycles. The molecule has 1 aromatic carbocycles. The summed E-state index contributed by atoms with van der Waals surface area (Å²) in [5.74, 6) is 0.196. The van der Waals surface area contributed by atoms with Gasteiger partial charge in [-0.15, -0.1) is 11.3 Å². The van der Waals surface area contributed by atoms with Gasteiger partial charge in [-0.2, -0.15) is 0 Å². The number of carbonyl (C=O) groups is 1. The average molecular weight is 273 g/mol. The molecule has 0 N–H and O–H groups in total. The molecule has 3 heteroatoms. The highest BCUT2D eigenvalue weighted by molar-refractivity contribution is 7.09. The molecule has 0 aliphatic heterocycles. The van der Waals surface area contributed by atoms with E-state index in [9.17, 15) is 4.79 Å². The van der Waals surface area contributed by atoms with Crippen LogP contribution in [0.4, 0.5) is 0 Å². The highest BCUT2D eigenvalue weighted by Crippen LogP contribution is 2.13. The molecule has 1 heterocycles. The van der Waals surface area contributed by atoms with Crippen LogP contribution in [0.5, 0.6) is 0 Å². The second-order valence-electron chi connectivity index (χ2n) is 4.68. The van der Waals surface area contributed by atoms with Gasteiger partial charge in [0.05, 0.1) is 6.54 Å². The van der Waals surface area contributed by atoms with E-state index >= 15 is 0 Å². The lowest BCUT2D eigenvalue weighted by Crippen LogP contribution is -2.29. The summed E-state index contributed by atoms with van der Waals surface area (Å²) < 4.78 is 0. The van der Waals surface area contributed by atoms with Crippen LogP contribution >= 0.6 is 11.3 Å². The smallest absolute Gasteiger partial charge is 0.176 e. The zero-order valence-corrected chi connectivity index (χ0v) is 12.2. The Kier molecular flexibility index (Phi) is 4.88. The molecule has 19 heavy (non-hydrogen) atoms. The number of hydrogen-bond acceptors (Lipinski definition) is 3. The molecule has 0 amide bonds. The van der Waals surface area contributed by atoms with Gasteiger partial charge in [-0.25, -0.2) is 0 Å². The van der Waals surface area contributed by atoms with E-state index in [4.69, 9.17) is 0 Å². The monoisotopic (exact) mass is 273 g/mol. The van der Waals surface area contributed by atoms with Crippen molar-refractivity contribution < 1.29 is 4.79 Å². The summed E-state index contributed by atoms with van der Waals surface area (Å²) in [5, 5.41) is 2.07. The van der Waals surface area contributed by atoms with Crippen molar-refractivity contribution in [1.29, 1.82) is 0 Å². The maximum Gasteiger partial charge on any atom is 0.176 e. The summed E-state index contributed by atoms with van der Waals surface area (Å²) in [6, 6.07) is 12.0. The summed E-state index contributed by atoms with van der Waals surface area (Å²) in [6.45, 7) is 6.33. The maximum atomic E-state index is 12.3. The van der Waals surface area contributed by atoms with Gasteiger partial charge in [-0.1, -0.05) is 36.8 Å². The normalized spacial score (nSPS) is 10.9. The third kappa shape index (κ3) is 4.01. The molecule has 100 valence electrons. The number of hydrogen-bond donors (Lipinski definition) is 0. The number of nitrogens with zero attached hydrogens (tertiary/aromatic N) is 1. The van der Waals surface area contributed by atoms with Gasteiger partial charge in [-0.3, -0.25) is 9.69 Å². The quantitative estimate of drug-likeness (QED) is 0.747. The predicted molar refractivity (Wildman–Crippen MR) is 80.8 cm³/mol. The highest BCUT2D eigenvalue weighted by Gasteiger charge is 2.12. The first-order valence-corrected chi connectivity index (χ1v) is 7.41. The van der Waals surface area contributed by atoms with Crippen LogP contribution in [-0.2, 0) is 6.54 Å². The molecular formula is C16H19NOS. The second kappa shape index (κ2) is 6.64. The first-order chi connectivity index (χ1) is 9.19. The Morgan fingerprint density at radius 2 is 2.11 bits per heavy atom. The fourth-order valence-electron chi connectivity index (χ4n) is 2.02. The molecule has 2 nitrogen and oxygen atoms in total. The number of Topliss-reactive ketones (excluding diaryl/α,β-unsaturated/α-hetero) is 1. The number of likely N-dealkylation sites (N-methyl/N-ethyl adjacent to an activating group) is 1. The molecule has 0 fully saturated rings. The minimum absolute atomic E-state index is 0.196. The average Bonchev–Trinajstić information content (AvgIpc) is 2.90. The Morgan fingerprint density at radius 1 is 1.26 bits per heavy atom. The first-order valence-electron chi connectivity index (χ1n) is 6.53. The van der Waals surface area contributed by atoms with E-state index in [1.54, 1.807) is 11.3 Å². The molecule has 0 spiro atoms. The number of rotatable bonds is 6. The molecule has 0 radical (unpaired) electrons. The standard InChI is InChI=1S/C16H19NOS/c1-3-17(11-15-8-5-9-19-15)12-16(18)14-7-4-6-13(2)10-14/h4-10H,3,11-12H2,1-2H3. The van der Waals surface area contributed by atoms with E-state index in [2.05, 4.69) is 29.3 Å². The van der Waals surface area contributed by atoms with Gasteiger partial charge >= 0.3 is 0 Å². The molecular weight excluding hydrogens is 254 g/mol. The summed E-state index contributed by atoms with van der Waals surface area (Å²) in [6.07, 6.45) is 0. The lowest BCUT2D eigenvalue weighted by Gasteiger charge is -2.18. The van der Waals surface area contributed by atoms with Crippen molar-refractivity contribution in [1.82, 2.24) is 4.90 Å². The lowest BCUT2D eigenvalue weighted by atomic mass is 10.1. The van der Waals surface area contributed by atoms with E-state index < -0.39 is 0 Å². The zero-order chi connectivity index (χ0) is 13.7. The largest absolute Gasteiger partial charge is 0.293 e. The molecule has 0 aliphatic carbocycles. The third-order valence-electron chi connectivity index (χ3n) is 3.11. The summed E-state index contributed by atoms with van der Waals surface area (Å²) in [4.78, 5) is 15.7. The summed E-state index contributed by atoms with van der Waals surface area (Å²) >= 11 is 1.74. The molecule has 2 aromatic rings. The van der Waals surface area contributed by atoms with Gasteiger partial charge in [0.1, 0.15) is 0 Å². The van der Waals surface area contributed by atoms with Crippen molar-refractivity contribution in [2.45, 2.75) is 20.4 Å². The van der Waals surface area contributed by atoms with E-state index in [1.165, 1.54) is 4.88 Å². The van der Waals surface area contributed by atoms with E-state index in [1.807, 2.05) is 31.2 Å². The minimum atomic E-state index is 0.196. The SMILES string of the molecule is CCN(CC(=O)c1cccc(C)c1)Cc1cccs1. The predicted octanol–water partition coefficient (Wildman–Crippen LogP) is 3.76. The first kappa shape index (κ1) is 14.0. The summed E-state index contributed by atoms with van der Waals surface area (Å²) in [5.41, 5.74) is 1.94. The Labute approximate surface area is 118 Å². The van der Waals surface area contributed by atoms with E-state index in [-0.39, 0.29) is 5.78 Å². The lowest BCUT2D eigenvalue weighted by molar-refractivity contribution is 0.0930. The van der Waals surface area contributed by atoms with Crippen LogP contribution in [0.15, 0.2) is 41.8 Å². The van der Waals surface area contributed by atoms with Crippen molar-refractivity contribution in [2.75, 3.05) is 13.1 Å². The molecule has 0 saturated heterocycles. The van der Waals surface area contributed by atoms with E-state index in [0.717, 1.165) is 24.2 Å². The van der Waals surface area contributed by atoms with Gasteiger partial charge < -0.3 is 0 Å². The molecule has 0 bridgehead atoms. The van der Waals surface area contributed by atoms with Crippen molar-refractivity contribution >= 4 is 17.1 Å². The van der Waals surface area contributed by atoms with Crippen molar-refractivity contribution in [2.24, 2.45) is 0 Å². The fourth-order valence-corrected chi connectivity index (χ4v) is 2.76. The van der Waals surface area contributed by atoms with Crippen molar-refractivity contribution in [3.63, 3.8) is 0 Å². The van der Waals surface area contributed by atoms with E-state index in [0.29, 0.717) is 6.54 Å². The summed E-state index contributed by atoms with van der Waals surface area (Å²) in [7, 11) is 0. The third-order valence-corrected chi connectivity index (χ3v) is 3.98. The molecule has 0 aliphatic rings. The minimum Gasteiger partial charge on any atom is -0.293 e. The van der Waals surface area contributed by atoms with Gasteiger partial charge in [0.15, 0.2) is 5.78 Å². The van der Waals surface area contributed by atoms with Gasteiger partial charge in [-0.05, 0) is 31.0 Å². The van der Waals surface area contributed by atoms with Crippen molar-refractivity contribution in [3.05, 3.63) is 57.8 Å². The van der Waals surface area contributed by atoms with Crippen LogP contribution in [0, 0.1) is 6.92 Å². The highest BCUT2D eigenvalue weighted by atomic mass is 32.1. The second-order valence-corrected chi connectivity index (χ2v) is 5.71. The molecule has 2 rings (SSSR count). The number of benzene rings is 1. The Bertz CT molecular complexity index is 533. The number of ketones is 1. The topological polar surface area (TPSA) is 20.3 Å². The van der Waals surface area contributed by atoms with Crippen LogP contribution in [0.25, 0.3) is 0 Å². The van der Waals surface area contributed by atoms with Crippen LogP contribution in [0.2, 0.25) is 0 Å². The number of aryl methyl sites for hydroxylation is 1. The Morgan fingerprint density at radius 3 is 2.74 bits per heavy atom. The van der Waals surface area contributed by atoms with Gasteiger partial charge in [0.25, 0.3) is 0 Å². The number of thiophene rings is 1. The van der Waals surface area contributed by atoms with Crippen LogP contribution in [0.1, 0.15) is 27.7 Å². The van der Waals surface area contributed by atoms with Crippen molar-refractivity contribution in [3.8, 4) is 0 Å². The molecule has 0 saturated carbocycles. The fraction of sp³-hybridized carbons (Fsp3) is 0.312. The van der Waals surface area contributed by atoms with Crippen LogP contribution in [-0.4, -0.2) is 23.8 Å². The number of carbonyl (C=O) groups excluding carboxylic acids is 1. The van der Waals surface area contributed by atoms with Crippen LogP contribution in [0.3, 0.4) is 0 Å². The Hall–Kier alpha value is -1.45. The van der Waals surface area contributed by atoms with Gasteiger partial charge in [0.2, 0.25) is 0 Å². The maximum absolute atomic E-state index is 12.3. The van der Waals surface area contributed by atoms with Gasteiger partial charge in [0, 0.05) is 17.0 Å².